The van der Waals surface area contributed by atoms with E-state index in [1.165, 1.54) is 5.56 Å². The summed E-state index contributed by atoms with van der Waals surface area (Å²) >= 11 is 5.44. The minimum absolute atomic E-state index is 0.0128. The van der Waals surface area contributed by atoms with Crippen molar-refractivity contribution in [2.75, 3.05) is 16.0 Å². The molecule has 3 N–H and O–H groups in total. The third kappa shape index (κ3) is 1.81. The van der Waals surface area contributed by atoms with Crippen LogP contribution in [0, 0.1) is 0 Å². The average molecular weight is 296 g/mol. The van der Waals surface area contributed by atoms with E-state index in [2.05, 4.69) is 46.9 Å². The molecular formula is C16H16N4S. The first-order valence-electron chi connectivity index (χ1n) is 7.00. The summed E-state index contributed by atoms with van der Waals surface area (Å²) in [6.45, 7) is 4.30. The monoisotopic (exact) mass is 296 g/mol. The van der Waals surface area contributed by atoms with Gasteiger partial charge in [-0.05, 0) is 43.7 Å². The zero-order chi connectivity index (χ0) is 14.6. The summed E-state index contributed by atoms with van der Waals surface area (Å²) in [5.74, 6) is 0. The fourth-order valence-corrected chi connectivity index (χ4v) is 3.12. The number of pyridine rings is 1. The summed E-state index contributed by atoms with van der Waals surface area (Å²) in [7, 11) is 0. The highest BCUT2D eigenvalue weighted by atomic mass is 32.1. The van der Waals surface area contributed by atoms with Crippen LogP contribution in [0.1, 0.15) is 31.3 Å². The second-order valence-electron chi connectivity index (χ2n) is 6.00. The molecule has 0 radical (unpaired) electrons. The van der Waals surface area contributed by atoms with Crippen LogP contribution in [0.4, 0.5) is 17.1 Å². The Morgan fingerprint density at radius 1 is 1.10 bits per heavy atom. The molecule has 1 aromatic heterocycles. The molecule has 1 atom stereocenters. The first-order valence-corrected chi connectivity index (χ1v) is 7.40. The van der Waals surface area contributed by atoms with E-state index in [9.17, 15) is 0 Å². The maximum absolute atomic E-state index is 5.44. The summed E-state index contributed by atoms with van der Waals surface area (Å²) in [6, 6.07) is 10.3. The smallest absolute Gasteiger partial charge is 0.141 e. The molecule has 0 spiro atoms. The molecule has 106 valence electrons. The molecule has 0 aliphatic carbocycles. The molecule has 0 amide bonds. The van der Waals surface area contributed by atoms with E-state index in [0.717, 1.165) is 27.7 Å². The third-order valence-electron chi connectivity index (χ3n) is 4.23. The summed E-state index contributed by atoms with van der Waals surface area (Å²) in [5, 5.41) is 10.3. The second-order valence-corrected chi connectivity index (χ2v) is 6.41. The van der Waals surface area contributed by atoms with Crippen molar-refractivity contribution in [1.82, 2.24) is 4.98 Å². The van der Waals surface area contributed by atoms with E-state index < -0.39 is 0 Å². The second kappa shape index (κ2) is 4.18. The van der Waals surface area contributed by atoms with Gasteiger partial charge in [-0.3, -0.25) is 4.98 Å². The number of nitrogens with zero attached hydrogens (tertiary/aromatic N) is 1. The predicted molar refractivity (Wildman–Crippen MR) is 89.9 cm³/mol. The predicted octanol–water partition coefficient (Wildman–Crippen LogP) is 3.65. The number of fused-ring (bicyclic) bond motifs is 2. The van der Waals surface area contributed by atoms with E-state index in [0.29, 0.717) is 0 Å². The molecule has 4 rings (SSSR count). The van der Waals surface area contributed by atoms with Crippen molar-refractivity contribution < 1.29 is 0 Å². The Hall–Kier alpha value is -2.14. The van der Waals surface area contributed by atoms with Gasteiger partial charge in [0, 0.05) is 17.3 Å². The van der Waals surface area contributed by atoms with Gasteiger partial charge in [0.1, 0.15) is 6.17 Å². The molecule has 0 saturated heterocycles. The Morgan fingerprint density at radius 2 is 1.86 bits per heavy atom. The van der Waals surface area contributed by atoms with Crippen molar-refractivity contribution in [3.63, 3.8) is 0 Å². The van der Waals surface area contributed by atoms with Gasteiger partial charge < -0.3 is 16.0 Å². The largest absolute Gasteiger partial charge is 0.359 e. The van der Waals surface area contributed by atoms with Crippen molar-refractivity contribution in [2.24, 2.45) is 0 Å². The average Bonchev–Trinajstić information content (AvgIpc) is 2.98. The normalized spacial score (nSPS) is 21.0. The molecule has 1 unspecified atom stereocenters. The fraction of sp³-hybridized carbons (Fsp3) is 0.250. The first-order chi connectivity index (χ1) is 10.1. The Kier molecular flexibility index (Phi) is 2.50. The van der Waals surface area contributed by atoms with E-state index in [-0.39, 0.29) is 11.6 Å². The maximum atomic E-state index is 5.44. The van der Waals surface area contributed by atoms with E-state index in [1.54, 1.807) is 0 Å². The van der Waals surface area contributed by atoms with Crippen LogP contribution in [-0.2, 0) is 5.41 Å². The zero-order valence-corrected chi connectivity index (χ0v) is 12.7. The number of nitrogens with one attached hydrogen (secondary N) is 3. The maximum Gasteiger partial charge on any atom is 0.141 e. The Morgan fingerprint density at radius 3 is 2.57 bits per heavy atom. The molecule has 4 nitrogen and oxygen atoms in total. The molecule has 0 saturated carbocycles. The standard InChI is InChI=1S/C16H16N4S/c1-16(2)9-7-12-13(8-11(9)20-15(16)21)19-14(18-12)10-5-3-4-6-17-10/h3-8,14,18-19H,1-2H3,(H,20,21). The molecule has 5 heteroatoms. The first kappa shape index (κ1) is 12.6. The van der Waals surface area contributed by atoms with Crippen LogP contribution in [-0.4, -0.2) is 9.97 Å². The van der Waals surface area contributed by atoms with Gasteiger partial charge >= 0.3 is 0 Å². The van der Waals surface area contributed by atoms with Gasteiger partial charge in [0.2, 0.25) is 0 Å². The Labute approximate surface area is 129 Å². The number of aromatic nitrogens is 1. The molecule has 0 bridgehead atoms. The van der Waals surface area contributed by atoms with E-state index >= 15 is 0 Å². The van der Waals surface area contributed by atoms with Gasteiger partial charge in [0.05, 0.1) is 22.1 Å². The quantitative estimate of drug-likeness (QED) is 0.701. The Balaban J connectivity index is 1.72. The molecule has 2 aromatic rings. The van der Waals surface area contributed by atoms with Crippen LogP contribution < -0.4 is 16.0 Å². The van der Waals surface area contributed by atoms with Gasteiger partial charge in [-0.1, -0.05) is 18.3 Å². The highest BCUT2D eigenvalue weighted by Crippen LogP contribution is 2.45. The van der Waals surface area contributed by atoms with Crippen molar-refractivity contribution in [3.8, 4) is 0 Å². The van der Waals surface area contributed by atoms with Gasteiger partial charge in [-0.25, -0.2) is 0 Å². The zero-order valence-electron chi connectivity index (χ0n) is 11.9. The molecule has 2 aliphatic rings. The third-order valence-corrected chi connectivity index (χ3v) is 4.84. The highest BCUT2D eigenvalue weighted by molar-refractivity contribution is 7.80. The summed E-state index contributed by atoms with van der Waals surface area (Å²) in [6.07, 6.45) is 1.82. The van der Waals surface area contributed by atoms with Crippen molar-refractivity contribution in [3.05, 3.63) is 47.8 Å². The lowest BCUT2D eigenvalue weighted by Crippen LogP contribution is -2.25. The molecule has 2 aliphatic heterocycles. The van der Waals surface area contributed by atoms with E-state index in [1.807, 2.05) is 24.4 Å². The number of benzene rings is 1. The SMILES string of the molecule is CC1(C)C(=S)Nc2cc3c(cc21)NC(c1ccccn1)N3. The number of anilines is 3. The van der Waals surface area contributed by atoms with Crippen molar-refractivity contribution in [1.29, 1.82) is 0 Å². The van der Waals surface area contributed by atoms with Crippen LogP contribution in [0.25, 0.3) is 0 Å². The van der Waals surface area contributed by atoms with Crippen LogP contribution in [0.3, 0.4) is 0 Å². The number of hydrogen-bond donors (Lipinski definition) is 3. The molecule has 0 fully saturated rings. The molecule has 3 heterocycles. The lowest BCUT2D eigenvalue weighted by molar-refractivity contribution is 0.747. The van der Waals surface area contributed by atoms with Crippen molar-refractivity contribution in [2.45, 2.75) is 25.4 Å². The van der Waals surface area contributed by atoms with Gasteiger partial charge in [0.25, 0.3) is 0 Å². The number of rotatable bonds is 1. The minimum Gasteiger partial charge on any atom is -0.359 e. The molecular weight excluding hydrogens is 280 g/mol. The lowest BCUT2D eigenvalue weighted by atomic mass is 9.86. The van der Waals surface area contributed by atoms with Gasteiger partial charge in [-0.2, -0.15) is 0 Å². The van der Waals surface area contributed by atoms with Crippen LogP contribution in [0.2, 0.25) is 0 Å². The summed E-state index contributed by atoms with van der Waals surface area (Å²) < 4.78 is 0. The topological polar surface area (TPSA) is 49.0 Å². The van der Waals surface area contributed by atoms with Crippen molar-refractivity contribution >= 4 is 34.3 Å². The Bertz CT molecular complexity index is 739. The number of thiocarbonyl (C=S) groups is 1. The minimum atomic E-state index is -0.121. The molecule has 21 heavy (non-hydrogen) atoms. The van der Waals surface area contributed by atoms with Gasteiger partial charge in [0.15, 0.2) is 0 Å². The highest BCUT2D eigenvalue weighted by Gasteiger charge is 2.37. The fourth-order valence-electron chi connectivity index (χ4n) is 2.90. The van der Waals surface area contributed by atoms with Gasteiger partial charge in [-0.15, -0.1) is 0 Å². The van der Waals surface area contributed by atoms with Crippen LogP contribution in [0.15, 0.2) is 36.5 Å². The van der Waals surface area contributed by atoms with E-state index in [4.69, 9.17) is 12.2 Å². The van der Waals surface area contributed by atoms with Crippen LogP contribution in [0.5, 0.6) is 0 Å². The molecule has 1 aromatic carbocycles. The summed E-state index contributed by atoms with van der Waals surface area (Å²) in [4.78, 5) is 5.28. The lowest BCUT2D eigenvalue weighted by Gasteiger charge is -2.18. The summed E-state index contributed by atoms with van der Waals surface area (Å²) in [5.41, 5.74) is 5.38. The van der Waals surface area contributed by atoms with Crippen LogP contribution >= 0.6 is 12.2 Å². The number of hydrogen-bond acceptors (Lipinski definition) is 4.